The summed E-state index contributed by atoms with van der Waals surface area (Å²) in [6, 6.07) is 9.10. The average Bonchev–Trinajstić information content (AvgIpc) is 3.27. The Labute approximate surface area is 140 Å². The number of nitrogens with one attached hydrogen (secondary N) is 2. The fourth-order valence-corrected chi connectivity index (χ4v) is 3.48. The number of furan rings is 1. The van der Waals surface area contributed by atoms with Crippen LogP contribution in [0.5, 0.6) is 0 Å². The van der Waals surface area contributed by atoms with Crippen molar-refractivity contribution in [3.63, 3.8) is 0 Å². The van der Waals surface area contributed by atoms with Crippen LogP contribution in [0, 0.1) is 0 Å². The fraction of sp³-hybridized carbons (Fsp3) is 0.312. The minimum atomic E-state index is -3.60. The highest BCUT2D eigenvalue weighted by molar-refractivity contribution is 7.89. The van der Waals surface area contributed by atoms with Gasteiger partial charge in [-0.25, -0.2) is 13.1 Å². The van der Waals surface area contributed by atoms with Crippen molar-refractivity contribution in [2.24, 2.45) is 0 Å². The van der Waals surface area contributed by atoms with Gasteiger partial charge in [0.05, 0.1) is 17.3 Å². The number of hydrogen-bond acceptors (Lipinski definition) is 5. The molecule has 0 bridgehead atoms. The molecule has 7 nitrogen and oxygen atoms in total. The van der Waals surface area contributed by atoms with Crippen LogP contribution in [0.1, 0.15) is 23.4 Å². The molecule has 2 aromatic rings. The van der Waals surface area contributed by atoms with Gasteiger partial charge >= 0.3 is 0 Å². The number of sulfonamides is 1. The second-order valence-electron chi connectivity index (χ2n) is 5.44. The van der Waals surface area contributed by atoms with Gasteiger partial charge in [-0.15, -0.1) is 0 Å². The first-order chi connectivity index (χ1) is 11.5. The molecule has 1 atom stereocenters. The van der Waals surface area contributed by atoms with Crippen molar-refractivity contribution in [1.29, 1.82) is 0 Å². The third-order valence-corrected chi connectivity index (χ3v) is 5.13. The third kappa shape index (κ3) is 4.02. The molecule has 1 aromatic heterocycles. The number of hydrogen-bond donors (Lipinski definition) is 2. The van der Waals surface area contributed by atoms with Gasteiger partial charge in [-0.05, 0) is 49.2 Å². The van der Waals surface area contributed by atoms with Gasteiger partial charge in [0.2, 0.25) is 10.0 Å². The Morgan fingerprint density at radius 3 is 2.62 bits per heavy atom. The van der Waals surface area contributed by atoms with E-state index in [4.69, 9.17) is 9.15 Å². The first kappa shape index (κ1) is 16.7. The highest BCUT2D eigenvalue weighted by atomic mass is 32.2. The highest BCUT2D eigenvalue weighted by Gasteiger charge is 2.20. The number of carbonyl (C=O) groups excluding carboxylic acids is 1. The Hall–Kier alpha value is -2.16. The molecule has 0 saturated carbocycles. The lowest BCUT2D eigenvalue weighted by Gasteiger charge is -2.11. The van der Waals surface area contributed by atoms with E-state index in [9.17, 15) is 13.2 Å². The quantitative estimate of drug-likeness (QED) is 0.830. The van der Waals surface area contributed by atoms with Crippen molar-refractivity contribution < 1.29 is 22.4 Å². The van der Waals surface area contributed by atoms with Crippen LogP contribution in [0.4, 0.5) is 5.69 Å². The van der Waals surface area contributed by atoms with E-state index in [1.54, 1.807) is 12.1 Å². The zero-order chi connectivity index (χ0) is 17.0. The van der Waals surface area contributed by atoms with Gasteiger partial charge in [-0.1, -0.05) is 0 Å². The molecule has 128 valence electrons. The van der Waals surface area contributed by atoms with Gasteiger partial charge < -0.3 is 14.5 Å². The van der Waals surface area contributed by atoms with Crippen LogP contribution in [0.15, 0.2) is 52.0 Å². The topological polar surface area (TPSA) is 97.6 Å². The summed E-state index contributed by atoms with van der Waals surface area (Å²) in [5.41, 5.74) is 0.481. The van der Waals surface area contributed by atoms with E-state index in [1.165, 1.54) is 30.5 Å². The SMILES string of the molecule is O=C(Nc1ccc(S(=O)(=O)NC[C@@H]2CCCO2)cc1)c1ccco1. The van der Waals surface area contributed by atoms with E-state index in [0.29, 0.717) is 12.3 Å². The van der Waals surface area contributed by atoms with Gasteiger partial charge in [0, 0.05) is 18.8 Å². The molecule has 0 spiro atoms. The number of carbonyl (C=O) groups is 1. The van der Waals surface area contributed by atoms with Crippen LogP contribution in [0.3, 0.4) is 0 Å². The number of ether oxygens (including phenoxy) is 1. The number of benzene rings is 1. The van der Waals surface area contributed by atoms with Crippen molar-refractivity contribution in [3.8, 4) is 0 Å². The van der Waals surface area contributed by atoms with Crippen molar-refractivity contribution in [3.05, 3.63) is 48.4 Å². The molecule has 0 radical (unpaired) electrons. The first-order valence-corrected chi connectivity index (χ1v) is 9.09. The van der Waals surface area contributed by atoms with Gasteiger partial charge in [-0.2, -0.15) is 0 Å². The molecule has 1 aromatic carbocycles. The smallest absolute Gasteiger partial charge is 0.291 e. The molecule has 24 heavy (non-hydrogen) atoms. The predicted octanol–water partition coefficient (Wildman–Crippen LogP) is 1.99. The van der Waals surface area contributed by atoms with Crippen LogP contribution in [-0.4, -0.2) is 33.6 Å². The summed E-state index contributed by atoms with van der Waals surface area (Å²) in [5.74, 6) is -0.211. The second kappa shape index (κ2) is 7.16. The lowest BCUT2D eigenvalue weighted by Crippen LogP contribution is -2.31. The van der Waals surface area contributed by atoms with E-state index in [0.717, 1.165) is 12.8 Å². The predicted molar refractivity (Wildman–Crippen MR) is 87.3 cm³/mol. The van der Waals surface area contributed by atoms with E-state index in [2.05, 4.69) is 10.0 Å². The maximum Gasteiger partial charge on any atom is 0.291 e. The zero-order valence-corrected chi connectivity index (χ0v) is 13.7. The summed E-state index contributed by atoms with van der Waals surface area (Å²) in [6.07, 6.45) is 3.16. The zero-order valence-electron chi connectivity index (χ0n) is 12.9. The van der Waals surface area contributed by atoms with Gasteiger partial charge in [0.1, 0.15) is 0 Å². The lowest BCUT2D eigenvalue weighted by atomic mass is 10.2. The van der Waals surface area contributed by atoms with E-state index in [-0.39, 0.29) is 23.3 Å². The van der Waals surface area contributed by atoms with Gasteiger partial charge in [-0.3, -0.25) is 4.79 Å². The summed E-state index contributed by atoms with van der Waals surface area (Å²) in [4.78, 5) is 12.0. The molecule has 1 aliphatic heterocycles. The third-order valence-electron chi connectivity index (χ3n) is 3.69. The lowest BCUT2D eigenvalue weighted by molar-refractivity contribution is 0.0996. The second-order valence-corrected chi connectivity index (χ2v) is 7.21. The van der Waals surface area contributed by atoms with E-state index >= 15 is 0 Å². The average molecular weight is 350 g/mol. The molecule has 0 unspecified atom stereocenters. The van der Waals surface area contributed by atoms with Gasteiger partial charge in [0.15, 0.2) is 5.76 Å². The summed E-state index contributed by atoms with van der Waals surface area (Å²) in [7, 11) is -3.60. The van der Waals surface area contributed by atoms with Gasteiger partial charge in [0.25, 0.3) is 5.91 Å². The molecule has 1 aliphatic rings. The normalized spacial score (nSPS) is 17.8. The Kier molecular flexibility index (Phi) is 4.98. The minimum Gasteiger partial charge on any atom is -0.459 e. The highest BCUT2D eigenvalue weighted by Crippen LogP contribution is 2.16. The maximum atomic E-state index is 12.2. The molecule has 3 rings (SSSR count). The van der Waals surface area contributed by atoms with Crippen molar-refractivity contribution in [2.75, 3.05) is 18.5 Å². The molecule has 8 heteroatoms. The Morgan fingerprint density at radius 1 is 1.21 bits per heavy atom. The molecule has 2 heterocycles. The van der Waals surface area contributed by atoms with Crippen molar-refractivity contribution in [1.82, 2.24) is 4.72 Å². The van der Waals surface area contributed by atoms with Crippen LogP contribution >= 0.6 is 0 Å². The molecular weight excluding hydrogens is 332 g/mol. The molecule has 0 aliphatic carbocycles. The molecule has 1 amide bonds. The van der Waals surface area contributed by atoms with Crippen LogP contribution in [-0.2, 0) is 14.8 Å². The standard InChI is InChI=1S/C16H18N2O5S/c19-16(15-4-2-10-23-15)18-12-5-7-14(8-6-12)24(20,21)17-11-13-3-1-9-22-13/h2,4-8,10,13,17H,1,3,9,11H2,(H,18,19)/t13-/m0/s1. The van der Waals surface area contributed by atoms with E-state index in [1.807, 2.05) is 0 Å². The van der Waals surface area contributed by atoms with Crippen LogP contribution in [0.25, 0.3) is 0 Å². The largest absolute Gasteiger partial charge is 0.459 e. The Bertz CT molecular complexity index is 778. The summed E-state index contributed by atoms with van der Waals surface area (Å²) in [6.45, 7) is 0.940. The maximum absolute atomic E-state index is 12.2. The minimum absolute atomic E-state index is 0.0633. The number of rotatable bonds is 6. The van der Waals surface area contributed by atoms with E-state index < -0.39 is 15.9 Å². The number of anilines is 1. The first-order valence-electron chi connectivity index (χ1n) is 7.61. The number of amides is 1. The monoisotopic (exact) mass is 350 g/mol. The molecule has 1 fully saturated rings. The Morgan fingerprint density at radius 2 is 2.00 bits per heavy atom. The molecule has 2 N–H and O–H groups in total. The molecular formula is C16H18N2O5S. The van der Waals surface area contributed by atoms with Crippen LogP contribution < -0.4 is 10.0 Å². The fourth-order valence-electron chi connectivity index (χ4n) is 2.41. The van der Waals surface area contributed by atoms with Crippen LogP contribution in [0.2, 0.25) is 0 Å². The summed E-state index contributed by atoms with van der Waals surface area (Å²) in [5, 5.41) is 2.63. The Balaban J connectivity index is 1.61. The molecule has 1 saturated heterocycles. The summed E-state index contributed by atoms with van der Waals surface area (Å²) >= 11 is 0. The van der Waals surface area contributed by atoms with Crippen molar-refractivity contribution >= 4 is 21.6 Å². The van der Waals surface area contributed by atoms with Crippen molar-refractivity contribution in [2.45, 2.75) is 23.8 Å². The summed E-state index contributed by atoms with van der Waals surface area (Å²) < 4.78 is 37.4.